The van der Waals surface area contributed by atoms with Gasteiger partial charge >= 0.3 is 5.97 Å². The molecule has 1 aromatic carbocycles. The summed E-state index contributed by atoms with van der Waals surface area (Å²) in [5, 5.41) is 9.01. The minimum absolute atomic E-state index is 0.0526. The van der Waals surface area contributed by atoms with Gasteiger partial charge in [-0.2, -0.15) is 11.8 Å². The molecule has 0 aliphatic carbocycles. The van der Waals surface area contributed by atoms with Gasteiger partial charge in [0.25, 0.3) is 0 Å². The molecule has 15 heavy (non-hydrogen) atoms. The van der Waals surface area contributed by atoms with Crippen molar-refractivity contribution in [2.75, 3.05) is 11.5 Å². The summed E-state index contributed by atoms with van der Waals surface area (Å²) in [6, 6.07) is 6.25. The standard InChI is InChI=1S/C11H11FO2S/c12-8-3-1-2-7(4-8)9-5-15-6-10(9)11(13)14/h1-4,9-10H,5-6H2,(H,13,14). The third kappa shape index (κ3) is 2.15. The molecule has 1 heterocycles. The molecular weight excluding hydrogens is 215 g/mol. The monoisotopic (exact) mass is 226 g/mol. The predicted molar refractivity (Wildman–Crippen MR) is 57.6 cm³/mol. The van der Waals surface area contributed by atoms with Gasteiger partial charge in [-0.3, -0.25) is 4.79 Å². The normalized spacial score (nSPS) is 25.4. The van der Waals surface area contributed by atoms with E-state index >= 15 is 0 Å². The van der Waals surface area contributed by atoms with Crippen molar-refractivity contribution in [1.82, 2.24) is 0 Å². The van der Waals surface area contributed by atoms with Crippen LogP contribution in [0.15, 0.2) is 24.3 Å². The van der Waals surface area contributed by atoms with E-state index in [1.807, 2.05) is 0 Å². The lowest BCUT2D eigenvalue weighted by Crippen LogP contribution is -2.20. The maximum absolute atomic E-state index is 13.0. The molecule has 0 radical (unpaired) electrons. The lowest BCUT2D eigenvalue weighted by atomic mass is 9.89. The van der Waals surface area contributed by atoms with Crippen molar-refractivity contribution in [3.63, 3.8) is 0 Å². The van der Waals surface area contributed by atoms with Gasteiger partial charge in [0.2, 0.25) is 0 Å². The van der Waals surface area contributed by atoms with Crippen LogP contribution in [0.2, 0.25) is 0 Å². The molecule has 80 valence electrons. The van der Waals surface area contributed by atoms with Gasteiger partial charge in [-0.25, -0.2) is 4.39 Å². The Balaban J connectivity index is 2.26. The fraction of sp³-hybridized carbons (Fsp3) is 0.364. The number of carboxylic acid groups (broad SMARTS) is 1. The van der Waals surface area contributed by atoms with Crippen LogP contribution in [-0.4, -0.2) is 22.6 Å². The molecule has 0 aromatic heterocycles. The van der Waals surface area contributed by atoms with Gasteiger partial charge in [0.05, 0.1) is 5.92 Å². The summed E-state index contributed by atoms with van der Waals surface area (Å²) in [5.41, 5.74) is 0.799. The maximum Gasteiger partial charge on any atom is 0.307 e. The van der Waals surface area contributed by atoms with Crippen molar-refractivity contribution in [2.24, 2.45) is 5.92 Å². The minimum Gasteiger partial charge on any atom is -0.481 e. The minimum atomic E-state index is -0.783. The fourth-order valence-corrected chi connectivity index (χ4v) is 3.31. The van der Waals surface area contributed by atoms with Gasteiger partial charge in [-0.15, -0.1) is 0 Å². The van der Waals surface area contributed by atoms with Gasteiger partial charge in [0.1, 0.15) is 5.82 Å². The molecule has 0 bridgehead atoms. The Morgan fingerprint density at radius 3 is 2.93 bits per heavy atom. The topological polar surface area (TPSA) is 37.3 Å². The van der Waals surface area contributed by atoms with Gasteiger partial charge in [0, 0.05) is 17.4 Å². The van der Waals surface area contributed by atoms with Crippen LogP contribution in [0, 0.1) is 11.7 Å². The summed E-state index contributed by atoms with van der Waals surface area (Å²) < 4.78 is 13.0. The second-order valence-corrected chi connectivity index (χ2v) is 4.72. The van der Waals surface area contributed by atoms with Crippen LogP contribution in [0.3, 0.4) is 0 Å². The average Bonchev–Trinajstić information content (AvgIpc) is 2.65. The SMILES string of the molecule is O=C(O)C1CSCC1c1cccc(F)c1. The number of benzene rings is 1. The Hall–Kier alpha value is -1.03. The third-order valence-electron chi connectivity index (χ3n) is 2.67. The number of hydrogen-bond acceptors (Lipinski definition) is 2. The molecule has 2 unspecified atom stereocenters. The second-order valence-electron chi connectivity index (χ2n) is 3.64. The first-order valence-corrected chi connectivity index (χ1v) is 5.90. The van der Waals surface area contributed by atoms with E-state index in [0.717, 1.165) is 11.3 Å². The molecule has 1 N–H and O–H groups in total. The number of carbonyl (C=O) groups is 1. The molecule has 0 spiro atoms. The van der Waals surface area contributed by atoms with Gasteiger partial charge in [0.15, 0.2) is 0 Å². The first kappa shape index (κ1) is 10.5. The molecule has 1 fully saturated rings. The second kappa shape index (κ2) is 4.23. The first-order valence-electron chi connectivity index (χ1n) is 4.74. The Morgan fingerprint density at radius 2 is 2.27 bits per heavy atom. The molecule has 1 saturated heterocycles. The molecule has 1 aliphatic heterocycles. The average molecular weight is 226 g/mol. The van der Waals surface area contributed by atoms with E-state index in [4.69, 9.17) is 5.11 Å². The number of aliphatic carboxylic acids is 1. The molecule has 2 rings (SSSR count). The Labute approximate surface area is 91.5 Å². The van der Waals surface area contributed by atoms with Crippen molar-refractivity contribution in [1.29, 1.82) is 0 Å². The Morgan fingerprint density at radius 1 is 1.47 bits per heavy atom. The molecule has 4 heteroatoms. The van der Waals surface area contributed by atoms with Gasteiger partial charge in [-0.05, 0) is 17.7 Å². The summed E-state index contributed by atoms with van der Waals surface area (Å²) in [4.78, 5) is 11.0. The predicted octanol–water partition coefficient (Wildman–Crippen LogP) is 2.36. The summed E-state index contributed by atoms with van der Waals surface area (Å²) in [7, 11) is 0. The van der Waals surface area contributed by atoms with Gasteiger partial charge < -0.3 is 5.11 Å². The zero-order valence-corrected chi connectivity index (χ0v) is 8.84. The summed E-state index contributed by atoms with van der Waals surface area (Å²) in [5.74, 6) is -0.125. The highest BCUT2D eigenvalue weighted by Gasteiger charge is 2.34. The third-order valence-corrected chi connectivity index (χ3v) is 3.86. The number of halogens is 1. The molecule has 0 amide bonds. The van der Waals surface area contributed by atoms with Crippen LogP contribution >= 0.6 is 11.8 Å². The lowest BCUT2D eigenvalue weighted by molar-refractivity contribution is -0.141. The summed E-state index contributed by atoms with van der Waals surface area (Å²) in [6.07, 6.45) is 0. The highest BCUT2D eigenvalue weighted by atomic mass is 32.2. The van der Waals surface area contributed by atoms with Crippen LogP contribution in [0.5, 0.6) is 0 Å². The Bertz CT molecular complexity index is 381. The summed E-state index contributed by atoms with van der Waals surface area (Å²) >= 11 is 1.62. The van der Waals surface area contributed by atoms with E-state index in [1.54, 1.807) is 23.9 Å². The smallest absolute Gasteiger partial charge is 0.307 e. The van der Waals surface area contributed by atoms with E-state index in [-0.39, 0.29) is 17.7 Å². The van der Waals surface area contributed by atoms with Crippen molar-refractivity contribution >= 4 is 17.7 Å². The van der Waals surface area contributed by atoms with Crippen molar-refractivity contribution in [3.8, 4) is 0 Å². The van der Waals surface area contributed by atoms with E-state index < -0.39 is 5.97 Å². The molecule has 1 aromatic rings. The van der Waals surface area contributed by atoms with Crippen LogP contribution in [0.1, 0.15) is 11.5 Å². The molecule has 2 atom stereocenters. The van der Waals surface area contributed by atoms with Crippen molar-refractivity contribution in [3.05, 3.63) is 35.6 Å². The molecule has 0 saturated carbocycles. The number of carboxylic acids is 1. The fourth-order valence-electron chi connectivity index (χ4n) is 1.86. The van der Waals surface area contributed by atoms with E-state index in [9.17, 15) is 9.18 Å². The zero-order chi connectivity index (χ0) is 10.8. The lowest BCUT2D eigenvalue weighted by Gasteiger charge is -2.14. The van der Waals surface area contributed by atoms with Gasteiger partial charge in [-0.1, -0.05) is 12.1 Å². The first-order chi connectivity index (χ1) is 7.18. The highest BCUT2D eigenvalue weighted by Crippen LogP contribution is 2.37. The van der Waals surface area contributed by atoms with Crippen LogP contribution < -0.4 is 0 Å². The van der Waals surface area contributed by atoms with E-state index in [1.165, 1.54) is 12.1 Å². The number of rotatable bonds is 2. The van der Waals surface area contributed by atoms with Crippen LogP contribution in [-0.2, 0) is 4.79 Å². The Kier molecular flexibility index (Phi) is 2.95. The zero-order valence-electron chi connectivity index (χ0n) is 8.02. The highest BCUT2D eigenvalue weighted by molar-refractivity contribution is 7.99. The van der Waals surface area contributed by atoms with E-state index in [0.29, 0.717) is 5.75 Å². The summed E-state index contributed by atoms with van der Waals surface area (Å²) in [6.45, 7) is 0. The van der Waals surface area contributed by atoms with Crippen molar-refractivity contribution < 1.29 is 14.3 Å². The van der Waals surface area contributed by atoms with E-state index in [2.05, 4.69) is 0 Å². The molecule has 2 nitrogen and oxygen atoms in total. The number of hydrogen-bond donors (Lipinski definition) is 1. The molecular formula is C11H11FO2S. The quantitative estimate of drug-likeness (QED) is 0.841. The van der Waals surface area contributed by atoms with Crippen LogP contribution in [0.4, 0.5) is 4.39 Å². The number of thioether (sulfide) groups is 1. The van der Waals surface area contributed by atoms with Crippen molar-refractivity contribution in [2.45, 2.75) is 5.92 Å². The molecule has 1 aliphatic rings. The largest absolute Gasteiger partial charge is 0.481 e. The maximum atomic E-state index is 13.0. The van der Waals surface area contributed by atoms with Crippen LogP contribution in [0.25, 0.3) is 0 Å².